The maximum Gasteiger partial charge on any atom is 0.305 e. The predicted octanol–water partition coefficient (Wildman–Crippen LogP) is -0.102. The number of nitrogens with zero attached hydrogens (tertiary/aromatic N) is 1. The van der Waals surface area contributed by atoms with Crippen LogP contribution in [0.25, 0.3) is 0 Å². The predicted molar refractivity (Wildman–Crippen MR) is 75.0 cm³/mol. The van der Waals surface area contributed by atoms with Gasteiger partial charge >= 0.3 is 5.97 Å². The van der Waals surface area contributed by atoms with Gasteiger partial charge in [0.1, 0.15) is 6.17 Å². The van der Waals surface area contributed by atoms with E-state index in [0.29, 0.717) is 11.8 Å². The lowest BCUT2D eigenvalue weighted by atomic mass is 9.94. The summed E-state index contributed by atoms with van der Waals surface area (Å²) >= 11 is 0. The Morgan fingerprint density at radius 3 is 2.62 bits per heavy atom. The van der Waals surface area contributed by atoms with E-state index in [1.54, 1.807) is 11.8 Å². The average Bonchev–Trinajstić information content (AvgIpc) is 3.01. The van der Waals surface area contributed by atoms with Crippen LogP contribution >= 0.6 is 0 Å². The molecule has 5 atom stereocenters. The van der Waals surface area contributed by atoms with E-state index in [1.165, 1.54) is 6.42 Å². The van der Waals surface area contributed by atoms with Crippen molar-refractivity contribution in [1.29, 1.82) is 0 Å². The summed E-state index contributed by atoms with van der Waals surface area (Å²) in [6.07, 6.45) is 4.40. The highest BCUT2D eigenvalue weighted by molar-refractivity contribution is 5.86. The van der Waals surface area contributed by atoms with Gasteiger partial charge in [0.2, 0.25) is 12.3 Å². The summed E-state index contributed by atoms with van der Waals surface area (Å²) in [5.74, 6) is -0.447. The molecule has 118 valence electrons. The minimum atomic E-state index is -1.12. The van der Waals surface area contributed by atoms with Gasteiger partial charge in [0.25, 0.3) is 0 Å². The van der Waals surface area contributed by atoms with Gasteiger partial charge in [-0.25, -0.2) is 0 Å². The van der Waals surface area contributed by atoms with Crippen molar-refractivity contribution >= 4 is 18.3 Å². The number of amides is 2. The van der Waals surface area contributed by atoms with Crippen LogP contribution in [0.1, 0.15) is 39.0 Å². The van der Waals surface area contributed by atoms with E-state index in [2.05, 4.69) is 5.32 Å². The molecular formula is C14H23N3O4. The Labute approximate surface area is 123 Å². The fourth-order valence-corrected chi connectivity index (χ4v) is 3.70. The van der Waals surface area contributed by atoms with E-state index < -0.39 is 30.5 Å². The number of nitrogens with one attached hydrogen (secondary N) is 1. The van der Waals surface area contributed by atoms with Gasteiger partial charge in [-0.1, -0.05) is 6.42 Å². The van der Waals surface area contributed by atoms with Crippen molar-refractivity contribution in [2.45, 2.75) is 57.3 Å². The third-order valence-electron chi connectivity index (χ3n) is 4.74. The van der Waals surface area contributed by atoms with Gasteiger partial charge in [-0.2, -0.15) is 0 Å². The zero-order chi connectivity index (χ0) is 15.6. The summed E-state index contributed by atoms with van der Waals surface area (Å²) < 4.78 is 0. The van der Waals surface area contributed by atoms with Crippen molar-refractivity contribution in [3.63, 3.8) is 0 Å². The topological polar surface area (TPSA) is 113 Å². The molecule has 21 heavy (non-hydrogen) atoms. The Bertz CT molecular complexity index is 428. The lowest BCUT2D eigenvalue weighted by Crippen LogP contribution is -2.55. The quantitative estimate of drug-likeness (QED) is 0.448. The van der Waals surface area contributed by atoms with Gasteiger partial charge < -0.3 is 21.1 Å². The highest BCUT2D eigenvalue weighted by Crippen LogP contribution is 2.46. The number of rotatable bonds is 7. The zero-order valence-corrected chi connectivity index (χ0v) is 12.2. The molecular weight excluding hydrogens is 274 g/mol. The molecule has 0 aromatic rings. The van der Waals surface area contributed by atoms with Crippen LogP contribution in [0.4, 0.5) is 0 Å². The van der Waals surface area contributed by atoms with Crippen LogP contribution in [0.2, 0.25) is 0 Å². The fraction of sp³-hybridized carbons (Fsp3) is 0.786. The average molecular weight is 297 g/mol. The molecule has 0 aromatic heterocycles. The van der Waals surface area contributed by atoms with Gasteiger partial charge in [0.15, 0.2) is 0 Å². The first kappa shape index (κ1) is 15.8. The molecule has 2 amide bonds. The summed E-state index contributed by atoms with van der Waals surface area (Å²) in [5, 5.41) is 11.3. The molecule has 2 rings (SSSR count). The number of hydrogen-bond donors (Lipinski definition) is 3. The molecule has 0 aliphatic heterocycles. The van der Waals surface area contributed by atoms with Crippen molar-refractivity contribution in [2.75, 3.05) is 0 Å². The smallest absolute Gasteiger partial charge is 0.305 e. The van der Waals surface area contributed by atoms with E-state index >= 15 is 0 Å². The zero-order valence-electron chi connectivity index (χ0n) is 12.2. The third kappa shape index (κ3) is 3.53. The summed E-state index contributed by atoms with van der Waals surface area (Å²) in [5.41, 5.74) is 5.52. The molecule has 2 aliphatic rings. The lowest BCUT2D eigenvalue weighted by molar-refractivity contribution is -0.140. The minimum Gasteiger partial charge on any atom is -0.481 e. The Hall–Kier alpha value is -1.63. The summed E-state index contributed by atoms with van der Waals surface area (Å²) in [6.45, 7) is 1.73. The first-order valence-electron chi connectivity index (χ1n) is 7.42. The number of fused-ring (bicyclic) bond motifs is 2. The largest absolute Gasteiger partial charge is 0.481 e. The standard InChI is InChI=1S/C14H23N3O4/c1-8(16-14(21)11(15)6-13(19)20)17(7-18)12-5-9-2-3-10(12)4-9/h7-12H,2-6,15H2,1H3,(H,16,21)(H,19,20). The monoisotopic (exact) mass is 297 g/mol. The summed E-state index contributed by atoms with van der Waals surface area (Å²) in [6, 6.07) is -0.925. The number of carboxylic acids is 1. The number of carbonyl (C=O) groups is 3. The Morgan fingerprint density at radius 1 is 1.43 bits per heavy atom. The van der Waals surface area contributed by atoms with Crippen molar-refractivity contribution < 1.29 is 19.5 Å². The molecule has 2 fully saturated rings. The SMILES string of the molecule is CC(NC(=O)C(N)CC(=O)O)N(C=O)C1CC2CCC1C2. The maximum absolute atomic E-state index is 11.8. The molecule has 2 bridgehead atoms. The van der Waals surface area contributed by atoms with Gasteiger partial charge in [0, 0.05) is 6.04 Å². The molecule has 5 unspecified atom stereocenters. The number of hydrogen-bond acceptors (Lipinski definition) is 4. The molecule has 0 spiro atoms. The Kier molecular flexibility index (Phi) is 4.82. The molecule has 0 aromatic carbocycles. The van der Waals surface area contributed by atoms with E-state index in [0.717, 1.165) is 25.7 Å². The van der Waals surface area contributed by atoms with E-state index in [4.69, 9.17) is 10.8 Å². The van der Waals surface area contributed by atoms with Crippen LogP contribution in [-0.2, 0) is 14.4 Å². The van der Waals surface area contributed by atoms with Crippen LogP contribution in [0, 0.1) is 11.8 Å². The number of carboxylic acid groups (broad SMARTS) is 1. The van der Waals surface area contributed by atoms with Crippen LogP contribution < -0.4 is 11.1 Å². The maximum atomic E-state index is 11.8. The van der Waals surface area contributed by atoms with Gasteiger partial charge in [-0.05, 0) is 38.0 Å². The van der Waals surface area contributed by atoms with Crippen LogP contribution in [0.3, 0.4) is 0 Å². The van der Waals surface area contributed by atoms with Crippen molar-refractivity contribution in [3.8, 4) is 0 Å². The summed E-state index contributed by atoms with van der Waals surface area (Å²) in [7, 11) is 0. The van der Waals surface area contributed by atoms with E-state index in [1.807, 2.05) is 0 Å². The molecule has 7 nitrogen and oxygen atoms in total. The number of aliphatic carboxylic acids is 1. The first-order chi connectivity index (χ1) is 9.92. The molecule has 4 N–H and O–H groups in total. The fourth-order valence-electron chi connectivity index (χ4n) is 3.70. The van der Waals surface area contributed by atoms with Gasteiger partial charge in [0.05, 0.1) is 12.5 Å². The van der Waals surface area contributed by atoms with Gasteiger partial charge in [-0.15, -0.1) is 0 Å². The third-order valence-corrected chi connectivity index (χ3v) is 4.74. The Balaban J connectivity index is 1.91. The van der Waals surface area contributed by atoms with E-state index in [9.17, 15) is 14.4 Å². The van der Waals surface area contributed by atoms with Crippen LogP contribution in [0.5, 0.6) is 0 Å². The minimum absolute atomic E-state index is 0.173. The molecule has 0 heterocycles. The van der Waals surface area contributed by atoms with Crippen molar-refractivity contribution in [1.82, 2.24) is 10.2 Å². The highest BCUT2D eigenvalue weighted by Gasteiger charge is 2.43. The second-order valence-corrected chi connectivity index (χ2v) is 6.18. The molecule has 2 saturated carbocycles. The van der Waals surface area contributed by atoms with Crippen molar-refractivity contribution in [3.05, 3.63) is 0 Å². The summed E-state index contributed by atoms with van der Waals surface area (Å²) in [4.78, 5) is 35.4. The molecule has 0 radical (unpaired) electrons. The second-order valence-electron chi connectivity index (χ2n) is 6.18. The van der Waals surface area contributed by atoms with E-state index in [-0.39, 0.29) is 6.04 Å². The number of carbonyl (C=O) groups excluding carboxylic acids is 2. The normalized spacial score (nSPS) is 29.7. The Morgan fingerprint density at radius 2 is 2.14 bits per heavy atom. The first-order valence-corrected chi connectivity index (χ1v) is 7.42. The molecule has 7 heteroatoms. The van der Waals surface area contributed by atoms with Crippen LogP contribution in [-0.4, -0.2) is 46.5 Å². The number of nitrogens with two attached hydrogens (primary N) is 1. The van der Waals surface area contributed by atoms with Crippen LogP contribution in [0.15, 0.2) is 0 Å². The van der Waals surface area contributed by atoms with Crippen molar-refractivity contribution in [2.24, 2.45) is 17.6 Å². The lowest BCUT2D eigenvalue weighted by Gasteiger charge is -2.36. The second kappa shape index (κ2) is 6.43. The molecule has 0 saturated heterocycles. The highest BCUT2D eigenvalue weighted by atomic mass is 16.4. The molecule has 2 aliphatic carbocycles. The van der Waals surface area contributed by atoms with Gasteiger partial charge in [-0.3, -0.25) is 14.4 Å².